The summed E-state index contributed by atoms with van der Waals surface area (Å²) in [5, 5.41) is 8.78. The van der Waals surface area contributed by atoms with Gasteiger partial charge in [0.1, 0.15) is 5.75 Å². The molecule has 1 N–H and O–H groups in total. The summed E-state index contributed by atoms with van der Waals surface area (Å²) >= 11 is 0. The zero-order valence-electron chi connectivity index (χ0n) is 12.5. The van der Waals surface area contributed by atoms with Crippen LogP contribution in [0, 0.1) is 0 Å². The number of rotatable bonds is 2. The second kappa shape index (κ2) is 14.6. The fourth-order valence-electron chi connectivity index (χ4n) is 1.25. The third-order valence-corrected chi connectivity index (χ3v) is 10.0. The van der Waals surface area contributed by atoms with Crippen molar-refractivity contribution in [2.75, 3.05) is 0 Å². The SMILES string of the molecule is CC(O)Oc1ccccc1.O1[SiH2]O[SiH2]O[SiH2]O[SiH2]O[SiH2]O[SiH2]1. The van der Waals surface area contributed by atoms with Gasteiger partial charge in [-0.1, -0.05) is 18.2 Å². The largest absolute Gasteiger partial charge is 0.465 e. The van der Waals surface area contributed by atoms with E-state index < -0.39 is 66.3 Å². The number of hydrogen-bond donors (Lipinski definition) is 1. The smallest absolute Gasteiger partial charge is 0.286 e. The first-order valence-corrected chi connectivity index (χ1v) is 13.6. The molecular weight excluding hydrogens is 393 g/mol. The van der Waals surface area contributed by atoms with Gasteiger partial charge >= 0.3 is 0 Å². The monoisotopic (exact) mass is 414 g/mol. The summed E-state index contributed by atoms with van der Waals surface area (Å²) in [7, 11) is -4.77. The van der Waals surface area contributed by atoms with Gasteiger partial charge in [-0.25, -0.2) is 0 Å². The third-order valence-electron chi connectivity index (χ3n) is 2.05. The lowest BCUT2D eigenvalue weighted by Gasteiger charge is -2.10. The van der Waals surface area contributed by atoms with Gasteiger partial charge in [0.15, 0.2) is 6.29 Å². The molecule has 1 aromatic carbocycles. The van der Waals surface area contributed by atoms with Crippen LogP contribution in [0.15, 0.2) is 30.3 Å². The zero-order chi connectivity index (χ0) is 15.9. The molecule has 1 atom stereocenters. The molecule has 0 spiro atoms. The predicted octanol–water partition coefficient (Wildman–Crippen LogP) is -4.50. The van der Waals surface area contributed by atoms with Crippen LogP contribution in [0.1, 0.15) is 6.92 Å². The van der Waals surface area contributed by atoms with Gasteiger partial charge < -0.3 is 34.5 Å². The summed E-state index contributed by atoms with van der Waals surface area (Å²) in [4.78, 5) is 0. The molecule has 1 unspecified atom stereocenters. The Bertz CT molecular complexity index is 317. The lowest BCUT2D eigenvalue weighted by Crippen LogP contribution is -2.23. The van der Waals surface area contributed by atoms with Crippen molar-refractivity contribution in [3.05, 3.63) is 30.3 Å². The molecule has 0 saturated carbocycles. The summed E-state index contributed by atoms with van der Waals surface area (Å²) in [5.74, 6) is 0.692. The van der Waals surface area contributed by atoms with Gasteiger partial charge in [-0.15, -0.1) is 0 Å². The van der Waals surface area contributed by atoms with Crippen molar-refractivity contribution in [1.29, 1.82) is 0 Å². The molecule has 14 heteroatoms. The van der Waals surface area contributed by atoms with Crippen LogP contribution in [0.3, 0.4) is 0 Å². The average Bonchev–Trinajstić information content (AvgIpc) is 2.49. The summed E-state index contributed by atoms with van der Waals surface area (Å²) in [6.45, 7) is 1.58. The maximum absolute atomic E-state index is 8.78. The average molecular weight is 415 g/mol. The second-order valence-corrected chi connectivity index (χ2v) is 15.2. The maximum atomic E-state index is 8.78. The van der Waals surface area contributed by atoms with E-state index in [0.717, 1.165) is 0 Å². The van der Waals surface area contributed by atoms with E-state index >= 15 is 0 Å². The minimum atomic E-state index is -0.795. The highest BCUT2D eigenvalue weighted by Crippen LogP contribution is 2.09. The summed E-state index contributed by atoms with van der Waals surface area (Å²) < 4.78 is 36.4. The Morgan fingerprint density at radius 3 is 1.45 bits per heavy atom. The van der Waals surface area contributed by atoms with E-state index in [0.29, 0.717) is 5.75 Å². The van der Waals surface area contributed by atoms with Crippen molar-refractivity contribution >= 4 is 60.0 Å². The van der Waals surface area contributed by atoms with Crippen LogP contribution in [0.25, 0.3) is 0 Å². The minimum Gasteiger partial charge on any atom is -0.465 e. The Morgan fingerprint density at radius 2 is 1.14 bits per heavy atom. The van der Waals surface area contributed by atoms with Crippen LogP contribution in [0.4, 0.5) is 0 Å². The fraction of sp³-hybridized carbons (Fsp3) is 0.250. The van der Waals surface area contributed by atoms with E-state index in [1.54, 1.807) is 19.1 Å². The van der Waals surface area contributed by atoms with Crippen LogP contribution < -0.4 is 4.74 Å². The molecule has 2 rings (SSSR count). The van der Waals surface area contributed by atoms with Crippen LogP contribution >= 0.6 is 0 Å². The van der Waals surface area contributed by atoms with Gasteiger partial charge in [0, 0.05) is 0 Å². The number of ether oxygens (including phenoxy) is 1. The van der Waals surface area contributed by atoms with Gasteiger partial charge in [0.05, 0.1) is 0 Å². The molecule has 0 bridgehead atoms. The molecule has 0 radical (unpaired) electrons. The number of para-hydroxylation sites is 1. The molecule has 0 aliphatic carbocycles. The van der Waals surface area contributed by atoms with E-state index in [2.05, 4.69) is 0 Å². The Labute approximate surface area is 144 Å². The Kier molecular flexibility index (Phi) is 13.4. The van der Waals surface area contributed by atoms with E-state index in [-0.39, 0.29) is 0 Å². The molecular formula is C8H22O8Si6. The molecule has 1 aromatic rings. The number of aliphatic hydroxyl groups is 1. The lowest BCUT2D eigenvalue weighted by atomic mass is 10.3. The zero-order valence-corrected chi connectivity index (χ0v) is 21.0. The van der Waals surface area contributed by atoms with Crippen LogP contribution in [0.5, 0.6) is 5.75 Å². The first-order chi connectivity index (χ1) is 10.8. The highest BCUT2D eigenvalue weighted by atomic mass is 28.4. The fourth-order valence-corrected chi connectivity index (χ4v) is 12.1. The summed E-state index contributed by atoms with van der Waals surface area (Å²) in [6.07, 6.45) is -0.734. The van der Waals surface area contributed by atoms with Crippen molar-refractivity contribution in [1.82, 2.24) is 0 Å². The molecule has 1 aliphatic rings. The number of benzene rings is 1. The van der Waals surface area contributed by atoms with Gasteiger partial charge in [0.2, 0.25) is 0 Å². The van der Waals surface area contributed by atoms with Gasteiger partial charge in [-0.3, -0.25) is 0 Å². The highest BCUT2D eigenvalue weighted by molar-refractivity contribution is 6.50. The van der Waals surface area contributed by atoms with Gasteiger partial charge in [0.25, 0.3) is 60.0 Å². The second-order valence-electron chi connectivity index (χ2n) is 3.96. The summed E-state index contributed by atoms with van der Waals surface area (Å²) in [5.41, 5.74) is 0. The Balaban J connectivity index is 0.000000224. The lowest BCUT2D eigenvalue weighted by molar-refractivity contribution is -0.000291. The normalized spacial score (nSPS) is 25.4. The molecule has 0 amide bonds. The van der Waals surface area contributed by atoms with Crippen molar-refractivity contribution in [2.45, 2.75) is 13.2 Å². The molecule has 8 nitrogen and oxygen atoms in total. The first kappa shape index (κ1) is 20.1. The van der Waals surface area contributed by atoms with E-state index in [1.165, 1.54) is 0 Å². The number of aliphatic hydroxyl groups excluding tert-OH is 1. The van der Waals surface area contributed by atoms with Crippen molar-refractivity contribution in [3.8, 4) is 5.75 Å². The van der Waals surface area contributed by atoms with Crippen molar-refractivity contribution < 1.29 is 34.5 Å². The topological polar surface area (TPSA) is 84.8 Å². The molecule has 1 heterocycles. The first-order valence-electron chi connectivity index (χ1n) is 6.65. The molecule has 1 saturated heterocycles. The van der Waals surface area contributed by atoms with Crippen LogP contribution in [-0.4, -0.2) is 71.4 Å². The molecule has 126 valence electrons. The number of hydrogen-bond acceptors (Lipinski definition) is 8. The third kappa shape index (κ3) is 12.6. The van der Waals surface area contributed by atoms with Crippen LogP contribution in [0.2, 0.25) is 0 Å². The standard InChI is InChI=1S/C8H10O2.H12O6Si6/c1-7(9)10-8-5-3-2-4-6-8;1-7-2-9-4-11-6-12-5-10-3-8-1/h2-7,9H,1H3;7-12H2. The summed E-state index contributed by atoms with van der Waals surface area (Å²) in [6, 6.07) is 9.21. The Hall–Kier alpha value is 0.0413. The maximum Gasteiger partial charge on any atom is 0.286 e. The highest BCUT2D eigenvalue weighted by Gasteiger charge is 1.97. The van der Waals surface area contributed by atoms with E-state index in [1.807, 2.05) is 18.2 Å². The molecule has 1 aliphatic heterocycles. The van der Waals surface area contributed by atoms with Crippen LogP contribution in [-0.2, 0) is 24.7 Å². The van der Waals surface area contributed by atoms with Gasteiger partial charge in [-0.05, 0) is 19.1 Å². The predicted molar refractivity (Wildman–Crippen MR) is 96.5 cm³/mol. The molecule has 1 fully saturated rings. The van der Waals surface area contributed by atoms with Crippen molar-refractivity contribution in [2.24, 2.45) is 0 Å². The Morgan fingerprint density at radius 1 is 0.773 bits per heavy atom. The van der Waals surface area contributed by atoms with Crippen molar-refractivity contribution in [3.63, 3.8) is 0 Å². The minimum absolute atomic E-state index is 0.692. The van der Waals surface area contributed by atoms with E-state index in [4.69, 9.17) is 34.5 Å². The quantitative estimate of drug-likeness (QED) is 0.383. The molecule has 22 heavy (non-hydrogen) atoms. The molecule has 0 aromatic heterocycles. The van der Waals surface area contributed by atoms with Gasteiger partial charge in [-0.2, -0.15) is 0 Å². The van der Waals surface area contributed by atoms with E-state index in [9.17, 15) is 0 Å².